The molecule has 2 aromatic carbocycles. The quantitative estimate of drug-likeness (QED) is 0.805. The molecule has 2 aromatic rings. The molecular weight excluding hydrogens is 370 g/mol. The van der Waals surface area contributed by atoms with Crippen molar-refractivity contribution in [1.29, 1.82) is 0 Å². The van der Waals surface area contributed by atoms with Gasteiger partial charge in [0.2, 0.25) is 0 Å². The minimum atomic E-state index is -0.609. The summed E-state index contributed by atoms with van der Waals surface area (Å²) in [6.07, 6.45) is 1.19. The van der Waals surface area contributed by atoms with Gasteiger partial charge in [0, 0.05) is 31.6 Å². The van der Waals surface area contributed by atoms with Crippen LogP contribution in [0.3, 0.4) is 0 Å². The second kappa shape index (κ2) is 8.22. The molecule has 2 atom stereocenters. The van der Waals surface area contributed by atoms with Gasteiger partial charge in [0.1, 0.15) is 11.4 Å². The second-order valence-electron chi connectivity index (χ2n) is 7.97. The van der Waals surface area contributed by atoms with Crippen LogP contribution in [0.1, 0.15) is 42.6 Å². The molecule has 1 saturated heterocycles. The van der Waals surface area contributed by atoms with Crippen molar-refractivity contribution in [2.75, 3.05) is 33.9 Å². The molecule has 0 radical (unpaired) electrons. The molecule has 0 bridgehead atoms. The summed E-state index contributed by atoms with van der Waals surface area (Å²) in [5.74, 6) is 2.06. The van der Waals surface area contributed by atoms with Gasteiger partial charge in [-0.1, -0.05) is 24.3 Å². The van der Waals surface area contributed by atoms with Gasteiger partial charge in [-0.3, -0.25) is 0 Å². The third-order valence-corrected chi connectivity index (χ3v) is 6.16. The molecule has 0 aliphatic carbocycles. The van der Waals surface area contributed by atoms with Gasteiger partial charge >= 0.3 is 0 Å². The van der Waals surface area contributed by atoms with Crippen LogP contribution in [0.2, 0.25) is 0 Å². The number of hydrogen-bond acceptors (Lipinski definition) is 6. The number of aliphatic hydroxyl groups excluding tert-OH is 2. The summed E-state index contributed by atoms with van der Waals surface area (Å²) in [5.41, 5.74) is 1.36. The molecule has 0 saturated carbocycles. The smallest absolute Gasteiger partial charge is 0.161 e. The number of para-hydroxylation sites is 1. The van der Waals surface area contributed by atoms with Crippen molar-refractivity contribution in [1.82, 2.24) is 4.90 Å². The highest BCUT2D eigenvalue weighted by atomic mass is 16.5. The molecule has 0 aromatic heterocycles. The van der Waals surface area contributed by atoms with Gasteiger partial charge in [0.15, 0.2) is 11.5 Å². The Hall–Kier alpha value is -2.28. The number of likely N-dealkylation sites (tertiary alicyclic amines) is 1. The van der Waals surface area contributed by atoms with Crippen molar-refractivity contribution in [3.8, 4) is 17.2 Å². The lowest BCUT2D eigenvalue weighted by Crippen LogP contribution is -2.51. The number of piperidine rings is 1. The third kappa shape index (κ3) is 4.06. The molecule has 0 unspecified atom stereocenters. The average molecular weight is 399 g/mol. The number of ether oxygens (including phenoxy) is 3. The molecule has 1 spiro atoms. The number of β-amino-alcohol motifs (C(OH)–C–C–N with tert-alkyl or cyclic N) is 1. The van der Waals surface area contributed by atoms with E-state index in [1.54, 1.807) is 14.2 Å². The van der Waals surface area contributed by atoms with E-state index in [0.717, 1.165) is 42.8 Å². The summed E-state index contributed by atoms with van der Waals surface area (Å²) in [6, 6.07) is 13.3. The second-order valence-corrected chi connectivity index (χ2v) is 7.97. The molecule has 2 N–H and O–H groups in total. The molecule has 2 aliphatic heterocycles. The highest BCUT2D eigenvalue weighted by molar-refractivity contribution is 5.43. The lowest BCUT2D eigenvalue weighted by atomic mass is 9.81. The topological polar surface area (TPSA) is 71.4 Å². The molecule has 2 aliphatic rings. The van der Waals surface area contributed by atoms with Crippen molar-refractivity contribution in [2.24, 2.45) is 0 Å². The molecule has 1 fully saturated rings. The summed E-state index contributed by atoms with van der Waals surface area (Å²) in [6.45, 7) is 2.18. The fourth-order valence-electron chi connectivity index (χ4n) is 4.45. The van der Waals surface area contributed by atoms with Crippen molar-refractivity contribution in [3.63, 3.8) is 0 Å². The largest absolute Gasteiger partial charge is 0.493 e. The monoisotopic (exact) mass is 399 g/mol. The van der Waals surface area contributed by atoms with Crippen LogP contribution in [0.4, 0.5) is 0 Å². The number of hydrogen-bond donors (Lipinski definition) is 2. The number of benzene rings is 2. The summed E-state index contributed by atoms with van der Waals surface area (Å²) in [7, 11) is 3.19. The first kappa shape index (κ1) is 20.0. The number of rotatable bonds is 5. The number of aliphatic hydroxyl groups is 2. The zero-order chi connectivity index (χ0) is 20.4. The molecule has 6 heteroatoms. The summed E-state index contributed by atoms with van der Waals surface area (Å²) >= 11 is 0. The maximum absolute atomic E-state index is 10.7. The fraction of sp³-hybridized carbons (Fsp3) is 0.478. The maximum Gasteiger partial charge on any atom is 0.161 e. The van der Waals surface area contributed by atoms with Gasteiger partial charge < -0.3 is 29.3 Å². The zero-order valence-electron chi connectivity index (χ0n) is 17.0. The molecular formula is C23H29NO5. The van der Waals surface area contributed by atoms with E-state index in [4.69, 9.17) is 14.2 Å². The Morgan fingerprint density at radius 2 is 1.83 bits per heavy atom. The predicted molar refractivity (Wildman–Crippen MR) is 110 cm³/mol. The number of fused-ring (bicyclic) bond motifs is 1. The van der Waals surface area contributed by atoms with Gasteiger partial charge in [-0.15, -0.1) is 0 Å². The first-order valence-electron chi connectivity index (χ1n) is 10.1. The van der Waals surface area contributed by atoms with E-state index < -0.39 is 12.2 Å². The van der Waals surface area contributed by atoms with E-state index in [2.05, 4.69) is 4.90 Å². The molecule has 2 heterocycles. The van der Waals surface area contributed by atoms with Crippen molar-refractivity contribution >= 4 is 0 Å². The van der Waals surface area contributed by atoms with Gasteiger partial charge in [-0.25, -0.2) is 0 Å². The van der Waals surface area contributed by atoms with Crippen LogP contribution in [0.25, 0.3) is 0 Å². The van der Waals surface area contributed by atoms with E-state index in [1.807, 2.05) is 42.5 Å². The number of methoxy groups -OCH3 is 2. The van der Waals surface area contributed by atoms with E-state index in [9.17, 15) is 10.2 Å². The Labute approximate surface area is 171 Å². The van der Waals surface area contributed by atoms with Crippen molar-refractivity contribution in [2.45, 2.75) is 37.1 Å². The highest BCUT2D eigenvalue weighted by Crippen LogP contribution is 2.44. The van der Waals surface area contributed by atoms with E-state index >= 15 is 0 Å². The minimum Gasteiger partial charge on any atom is -0.493 e. The van der Waals surface area contributed by atoms with Crippen LogP contribution in [-0.2, 0) is 0 Å². The van der Waals surface area contributed by atoms with E-state index in [0.29, 0.717) is 24.5 Å². The average Bonchev–Trinajstić information content (AvgIpc) is 2.75. The fourth-order valence-corrected chi connectivity index (χ4v) is 4.45. The Bertz CT molecular complexity index is 847. The van der Waals surface area contributed by atoms with Gasteiger partial charge in [0.05, 0.1) is 26.4 Å². The van der Waals surface area contributed by atoms with E-state index in [1.165, 1.54) is 0 Å². The van der Waals surface area contributed by atoms with Crippen LogP contribution < -0.4 is 14.2 Å². The lowest BCUT2D eigenvalue weighted by Gasteiger charge is -2.46. The normalized spacial score (nSPS) is 21.9. The van der Waals surface area contributed by atoms with Crippen LogP contribution in [0, 0.1) is 0 Å². The highest BCUT2D eigenvalue weighted by Gasteiger charge is 2.42. The van der Waals surface area contributed by atoms with Gasteiger partial charge in [0.25, 0.3) is 0 Å². The minimum absolute atomic E-state index is 0.321. The summed E-state index contributed by atoms with van der Waals surface area (Å²) in [5, 5.41) is 21.3. The van der Waals surface area contributed by atoms with Crippen LogP contribution in [0.15, 0.2) is 42.5 Å². The molecule has 29 heavy (non-hydrogen) atoms. The van der Waals surface area contributed by atoms with Crippen molar-refractivity contribution in [3.05, 3.63) is 53.6 Å². The van der Waals surface area contributed by atoms with Crippen molar-refractivity contribution < 1.29 is 24.4 Å². The third-order valence-electron chi connectivity index (χ3n) is 6.16. The van der Waals surface area contributed by atoms with Crippen LogP contribution in [-0.4, -0.2) is 54.6 Å². The predicted octanol–water partition coefficient (Wildman–Crippen LogP) is 3.09. The lowest BCUT2D eigenvalue weighted by molar-refractivity contribution is -0.0587. The van der Waals surface area contributed by atoms with Gasteiger partial charge in [-0.05, 0) is 36.6 Å². The van der Waals surface area contributed by atoms with E-state index in [-0.39, 0.29) is 5.60 Å². The zero-order valence-corrected chi connectivity index (χ0v) is 17.0. The first-order chi connectivity index (χ1) is 14.0. The Morgan fingerprint density at radius 3 is 2.55 bits per heavy atom. The van der Waals surface area contributed by atoms with Crippen LogP contribution >= 0.6 is 0 Å². The standard InChI is InChI=1S/C23H29NO5/c1-27-21-8-7-16(13-22(21)28-2)19(26)15-24-11-9-23(10-12-24)14-18(25)17-5-3-4-6-20(17)29-23/h3-8,13,18-19,25-26H,9-12,14-15H2,1-2H3/t18-,19-/m1/s1. The summed E-state index contributed by atoms with van der Waals surface area (Å²) in [4.78, 5) is 2.25. The molecule has 6 nitrogen and oxygen atoms in total. The summed E-state index contributed by atoms with van der Waals surface area (Å²) < 4.78 is 17.0. The Balaban J connectivity index is 1.38. The Morgan fingerprint density at radius 1 is 1.10 bits per heavy atom. The number of nitrogens with zero attached hydrogens (tertiary/aromatic N) is 1. The molecule has 4 rings (SSSR count). The maximum atomic E-state index is 10.7. The Kier molecular flexibility index (Phi) is 5.67. The first-order valence-corrected chi connectivity index (χ1v) is 10.1. The SMILES string of the molecule is COc1ccc([C@H](O)CN2CCC3(CC2)C[C@@H](O)c2ccccc2O3)cc1OC. The van der Waals surface area contributed by atoms with Gasteiger partial charge in [-0.2, -0.15) is 0 Å². The van der Waals surface area contributed by atoms with Crippen LogP contribution in [0.5, 0.6) is 17.2 Å². The molecule has 0 amide bonds. The molecule has 156 valence electrons.